The molecular weight excluding hydrogens is 160 g/mol. The Labute approximate surface area is 72.2 Å². The molecule has 0 atom stereocenters. The van der Waals surface area contributed by atoms with E-state index in [1.807, 2.05) is 12.4 Å². The largest absolute Gasteiger partial charge is 0.335 e. The number of rotatable bonds is 4. The lowest BCUT2D eigenvalue weighted by Gasteiger charge is -2.01. The van der Waals surface area contributed by atoms with Crippen molar-refractivity contribution in [3.8, 4) is 0 Å². The van der Waals surface area contributed by atoms with Crippen LogP contribution in [-0.4, -0.2) is 15.4 Å². The van der Waals surface area contributed by atoms with Crippen molar-refractivity contribution in [1.29, 1.82) is 0 Å². The summed E-state index contributed by atoms with van der Waals surface area (Å²) in [5, 5.41) is 0. The molecule has 0 fully saturated rings. The van der Waals surface area contributed by atoms with Gasteiger partial charge in [0.05, 0.1) is 0 Å². The van der Waals surface area contributed by atoms with Crippen LogP contribution in [0, 0.1) is 0 Å². The molecule has 0 saturated heterocycles. The molecule has 1 heterocycles. The molecular formula is C8H13ClN2. The lowest BCUT2D eigenvalue weighted by Crippen LogP contribution is -2.00. The standard InChI is InChI=1S/C8H13ClN2/c1-2-11-7-6-10-8(11)4-3-5-9/h6-7H,2-5H2,1H3. The highest BCUT2D eigenvalue weighted by Gasteiger charge is 1.98. The molecule has 0 aliphatic heterocycles. The van der Waals surface area contributed by atoms with Gasteiger partial charge < -0.3 is 4.57 Å². The Morgan fingerprint density at radius 3 is 3.09 bits per heavy atom. The van der Waals surface area contributed by atoms with Gasteiger partial charge in [0.25, 0.3) is 0 Å². The van der Waals surface area contributed by atoms with Crippen molar-refractivity contribution < 1.29 is 0 Å². The van der Waals surface area contributed by atoms with E-state index in [4.69, 9.17) is 11.6 Å². The normalized spacial score (nSPS) is 10.4. The summed E-state index contributed by atoms with van der Waals surface area (Å²) in [5.41, 5.74) is 0. The van der Waals surface area contributed by atoms with Crippen molar-refractivity contribution in [2.24, 2.45) is 0 Å². The molecule has 1 aromatic heterocycles. The van der Waals surface area contributed by atoms with Crippen LogP contribution in [0.5, 0.6) is 0 Å². The van der Waals surface area contributed by atoms with Gasteiger partial charge in [0.2, 0.25) is 0 Å². The van der Waals surface area contributed by atoms with E-state index in [1.165, 1.54) is 0 Å². The van der Waals surface area contributed by atoms with E-state index in [9.17, 15) is 0 Å². The molecule has 2 nitrogen and oxygen atoms in total. The third kappa shape index (κ3) is 2.22. The fraction of sp³-hybridized carbons (Fsp3) is 0.625. The van der Waals surface area contributed by atoms with Crippen molar-refractivity contribution in [2.75, 3.05) is 5.88 Å². The molecule has 0 aliphatic carbocycles. The van der Waals surface area contributed by atoms with Crippen LogP contribution in [0.25, 0.3) is 0 Å². The van der Waals surface area contributed by atoms with Crippen LogP contribution in [0.3, 0.4) is 0 Å². The fourth-order valence-electron chi connectivity index (χ4n) is 1.08. The van der Waals surface area contributed by atoms with Gasteiger partial charge in [-0.3, -0.25) is 0 Å². The van der Waals surface area contributed by atoms with Crippen LogP contribution in [-0.2, 0) is 13.0 Å². The van der Waals surface area contributed by atoms with E-state index in [-0.39, 0.29) is 0 Å². The first kappa shape index (κ1) is 8.60. The maximum atomic E-state index is 5.58. The summed E-state index contributed by atoms with van der Waals surface area (Å²) in [7, 11) is 0. The van der Waals surface area contributed by atoms with Gasteiger partial charge in [0, 0.05) is 31.2 Å². The summed E-state index contributed by atoms with van der Waals surface area (Å²) in [6.45, 7) is 3.11. The molecule has 0 radical (unpaired) electrons. The minimum atomic E-state index is 0.719. The third-order valence-electron chi connectivity index (χ3n) is 1.68. The molecule has 0 N–H and O–H groups in total. The molecule has 0 unspecified atom stereocenters. The van der Waals surface area contributed by atoms with Crippen LogP contribution in [0.4, 0.5) is 0 Å². The van der Waals surface area contributed by atoms with Gasteiger partial charge in [-0.2, -0.15) is 0 Å². The van der Waals surface area contributed by atoms with E-state index in [0.717, 1.165) is 31.1 Å². The van der Waals surface area contributed by atoms with Gasteiger partial charge in [0.15, 0.2) is 0 Å². The predicted octanol–water partition coefficient (Wildman–Crippen LogP) is 2.07. The smallest absolute Gasteiger partial charge is 0.108 e. The highest BCUT2D eigenvalue weighted by Crippen LogP contribution is 2.01. The molecule has 3 heteroatoms. The Bertz CT molecular complexity index is 208. The molecule has 62 valence electrons. The first-order chi connectivity index (χ1) is 5.38. The fourth-order valence-corrected chi connectivity index (χ4v) is 1.21. The summed E-state index contributed by atoms with van der Waals surface area (Å²) in [6, 6.07) is 0. The van der Waals surface area contributed by atoms with Crippen LogP contribution in [0.15, 0.2) is 12.4 Å². The second-order valence-electron chi connectivity index (χ2n) is 2.42. The molecule has 1 rings (SSSR count). The molecule has 0 saturated carbocycles. The zero-order valence-corrected chi connectivity index (χ0v) is 7.51. The zero-order valence-electron chi connectivity index (χ0n) is 6.76. The van der Waals surface area contributed by atoms with Crippen LogP contribution in [0.1, 0.15) is 19.2 Å². The Morgan fingerprint density at radius 2 is 2.45 bits per heavy atom. The van der Waals surface area contributed by atoms with Crippen molar-refractivity contribution in [3.63, 3.8) is 0 Å². The summed E-state index contributed by atoms with van der Waals surface area (Å²) in [5.74, 6) is 1.87. The summed E-state index contributed by atoms with van der Waals surface area (Å²) in [4.78, 5) is 4.23. The number of halogens is 1. The van der Waals surface area contributed by atoms with E-state index in [2.05, 4.69) is 16.5 Å². The van der Waals surface area contributed by atoms with Gasteiger partial charge in [-0.05, 0) is 13.3 Å². The Hall–Kier alpha value is -0.500. The van der Waals surface area contributed by atoms with Gasteiger partial charge in [-0.1, -0.05) is 0 Å². The molecule has 0 aliphatic rings. The maximum absolute atomic E-state index is 5.58. The first-order valence-electron chi connectivity index (χ1n) is 3.94. The van der Waals surface area contributed by atoms with Crippen molar-refractivity contribution in [1.82, 2.24) is 9.55 Å². The molecule has 1 aromatic rings. The van der Waals surface area contributed by atoms with E-state index < -0.39 is 0 Å². The summed E-state index contributed by atoms with van der Waals surface area (Å²) < 4.78 is 2.15. The number of imidazole rings is 1. The highest BCUT2D eigenvalue weighted by atomic mass is 35.5. The van der Waals surface area contributed by atoms with E-state index in [0.29, 0.717) is 0 Å². The highest BCUT2D eigenvalue weighted by molar-refractivity contribution is 6.17. The summed E-state index contributed by atoms with van der Waals surface area (Å²) in [6.07, 6.45) is 5.85. The molecule has 0 spiro atoms. The number of aryl methyl sites for hydroxylation is 2. The maximum Gasteiger partial charge on any atom is 0.108 e. The van der Waals surface area contributed by atoms with Crippen molar-refractivity contribution in [3.05, 3.63) is 18.2 Å². The van der Waals surface area contributed by atoms with E-state index >= 15 is 0 Å². The number of aromatic nitrogens is 2. The second-order valence-corrected chi connectivity index (χ2v) is 2.80. The van der Waals surface area contributed by atoms with Crippen LogP contribution in [0.2, 0.25) is 0 Å². The molecule has 11 heavy (non-hydrogen) atoms. The molecule has 0 amide bonds. The van der Waals surface area contributed by atoms with Crippen molar-refractivity contribution >= 4 is 11.6 Å². The van der Waals surface area contributed by atoms with Gasteiger partial charge in [-0.25, -0.2) is 4.98 Å². The van der Waals surface area contributed by atoms with Gasteiger partial charge in [0.1, 0.15) is 5.82 Å². The Morgan fingerprint density at radius 1 is 1.64 bits per heavy atom. The monoisotopic (exact) mass is 172 g/mol. The van der Waals surface area contributed by atoms with Crippen molar-refractivity contribution in [2.45, 2.75) is 26.3 Å². The first-order valence-corrected chi connectivity index (χ1v) is 4.48. The predicted molar refractivity (Wildman–Crippen MR) is 46.9 cm³/mol. The van der Waals surface area contributed by atoms with Crippen LogP contribution < -0.4 is 0 Å². The lowest BCUT2D eigenvalue weighted by molar-refractivity contribution is 0.684. The van der Waals surface area contributed by atoms with E-state index in [1.54, 1.807) is 0 Å². The Balaban J connectivity index is 2.54. The lowest BCUT2D eigenvalue weighted by atomic mass is 10.3. The minimum Gasteiger partial charge on any atom is -0.335 e. The quantitative estimate of drug-likeness (QED) is 0.636. The number of hydrogen-bond donors (Lipinski definition) is 0. The topological polar surface area (TPSA) is 17.8 Å². The number of alkyl halides is 1. The molecule has 0 aromatic carbocycles. The average Bonchev–Trinajstić information content (AvgIpc) is 2.47. The third-order valence-corrected chi connectivity index (χ3v) is 1.94. The second kappa shape index (κ2) is 4.39. The van der Waals surface area contributed by atoms with Gasteiger partial charge >= 0.3 is 0 Å². The SMILES string of the molecule is CCn1ccnc1CCCCl. The van der Waals surface area contributed by atoms with Gasteiger partial charge in [-0.15, -0.1) is 11.6 Å². The summed E-state index contributed by atoms with van der Waals surface area (Å²) >= 11 is 5.58. The number of hydrogen-bond acceptors (Lipinski definition) is 1. The average molecular weight is 173 g/mol. The van der Waals surface area contributed by atoms with Crippen LogP contribution >= 0.6 is 11.6 Å². The zero-order chi connectivity index (χ0) is 8.10. The molecule has 0 bridgehead atoms. The number of nitrogens with zero attached hydrogens (tertiary/aromatic N) is 2. The Kier molecular flexibility index (Phi) is 3.43. The minimum absolute atomic E-state index is 0.719.